The Hall–Kier alpha value is -1.94. The highest BCUT2D eigenvalue weighted by atomic mass is 19.1. The summed E-state index contributed by atoms with van der Waals surface area (Å²) in [5.74, 6) is 0.608. The smallest absolute Gasteiger partial charge is 0.164 e. The van der Waals surface area contributed by atoms with Gasteiger partial charge < -0.3 is 9.32 Å². The minimum atomic E-state index is -0.325. The number of carbonyl (C=O) groups excluding carboxylic acids is 1. The van der Waals surface area contributed by atoms with Crippen LogP contribution in [0.1, 0.15) is 28.1 Å². The highest BCUT2D eigenvalue weighted by Crippen LogP contribution is 2.12. The number of rotatable bonds is 6. The standard InChI is InChI=1S/C16H18FNO2/c1-12-14(8-10-20-12)11-18(2)9-7-16(19)13-3-5-15(17)6-4-13/h3-6,8,10H,7,9,11H2,1-2H3. The fourth-order valence-corrected chi connectivity index (χ4v) is 2.02. The molecule has 20 heavy (non-hydrogen) atoms. The summed E-state index contributed by atoms with van der Waals surface area (Å²) in [6, 6.07) is 7.61. The predicted octanol–water partition coefficient (Wildman–Crippen LogP) is 3.43. The third-order valence-corrected chi connectivity index (χ3v) is 3.29. The van der Waals surface area contributed by atoms with Gasteiger partial charge in [-0.25, -0.2) is 4.39 Å². The van der Waals surface area contributed by atoms with Crippen LogP contribution in [0.5, 0.6) is 0 Å². The molecule has 106 valence electrons. The van der Waals surface area contributed by atoms with Crippen LogP contribution in [-0.4, -0.2) is 24.3 Å². The number of halogens is 1. The molecule has 3 nitrogen and oxygen atoms in total. The molecule has 0 bridgehead atoms. The number of Topliss-reactive ketones (excluding diaryl/α,β-unsaturated/α-hetero) is 1. The molecule has 0 atom stereocenters. The maximum Gasteiger partial charge on any atom is 0.164 e. The minimum Gasteiger partial charge on any atom is -0.469 e. The molecule has 0 amide bonds. The average molecular weight is 275 g/mol. The molecular weight excluding hydrogens is 257 g/mol. The van der Waals surface area contributed by atoms with Crippen molar-refractivity contribution in [3.05, 3.63) is 59.3 Å². The lowest BCUT2D eigenvalue weighted by Crippen LogP contribution is -2.21. The van der Waals surface area contributed by atoms with Crippen molar-refractivity contribution in [2.75, 3.05) is 13.6 Å². The largest absolute Gasteiger partial charge is 0.469 e. The quantitative estimate of drug-likeness (QED) is 0.757. The summed E-state index contributed by atoms with van der Waals surface area (Å²) in [5.41, 5.74) is 1.68. The van der Waals surface area contributed by atoms with Gasteiger partial charge in [0.2, 0.25) is 0 Å². The van der Waals surface area contributed by atoms with E-state index < -0.39 is 0 Å². The third-order valence-electron chi connectivity index (χ3n) is 3.29. The maximum absolute atomic E-state index is 12.8. The Balaban J connectivity index is 1.84. The van der Waals surface area contributed by atoms with Crippen LogP contribution in [-0.2, 0) is 6.54 Å². The van der Waals surface area contributed by atoms with Gasteiger partial charge in [-0.3, -0.25) is 4.79 Å². The molecule has 1 heterocycles. The van der Waals surface area contributed by atoms with Gasteiger partial charge in [0.15, 0.2) is 5.78 Å². The van der Waals surface area contributed by atoms with E-state index in [1.165, 1.54) is 24.3 Å². The maximum atomic E-state index is 12.8. The Labute approximate surface area is 118 Å². The molecular formula is C16H18FNO2. The van der Waals surface area contributed by atoms with Gasteiger partial charge in [0.05, 0.1) is 6.26 Å². The Morgan fingerprint density at radius 3 is 2.55 bits per heavy atom. The summed E-state index contributed by atoms with van der Waals surface area (Å²) in [7, 11) is 1.96. The number of ketones is 1. The molecule has 0 radical (unpaired) electrons. The van der Waals surface area contributed by atoms with Gasteiger partial charge in [-0.05, 0) is 44.3 Å². The van der Waals surface area contributed by atoms with Crippen molar-refractivity contribution >= 4 is 5.78 Å². The molecule has 4 heteroatoms. The van der Waals surface area contributed by atoms with Crippen molar-refractivity contribution in [1.82, 2.24) is 4.90 Å². The Morgan fingerprint density at radius 1 is 1.25 bits per heavy atom. The highest BCUT2D eigenvalue weighted by Gasteiger charge is 2.09. The average Bonchev–Trinajstić information content (AvgIpc) is 2.82. The second-order valence-electron chi connectivity index (χ2n) is 4.92. The van der Waals surface area contributed by atoms with Gasteiger partial charge >= 0.3 is 0 Å². The first-order chi connectivity index (χ1) is 9.56. The Morgan fingerprint density at radius 2 is 1.95 bits per heavy atom. The van der Waals surface area contributed by atoms with Crippen molar-refractivity contribution in [2.24, 2.45) is 0 Å². The number of aryl methyl sites for hydroxylation is 1. The molecule has 0 aliphatic rings. The van der Waals surface area contributed by atoms with E-state index in [1.54, 1.807) is 6.26 Å². The first-order valence-electron chi connectivity index (χ1n) is 6.56. The normalized spacial score (nSPS) is 11.0. The molecule has 0 fully saturated rings. The predicted molar refractivity (Wildman–Crippen MR) is 75.1 cm³/mol. The minimum absolute atomic E-state index is 0.0285. The summed E-state index contributed by atoms with van der Waals surface area (Å²) < 4.78 is 18.0. The molecule has 0 saturated carbocycles. The molecule has 0 unspecified atom stereocenters. The van der Waals surface area contributed by atoms with Crippen LogP contribution in [0.2, 0.25) is 0 Å². The number of benzene rings is 1. The van der Waals surface area contributed by atoms with E-state index in [1.807, 2.05) is 20.0 Å². The summed E-state index contributed by atoms with van der Waals surface area (Å²) in [6.45, 7) is 3.33. The van der Waals surface area contributed by atoms with Crippen LogP contribution >= 0.6 is 0 Å². The third kappa shape index (κ3) is 3.78. The van der Waals surface area contributed by atoms with Gasteiger partial charge in [0.1, 0.15) is 11.6 Å². The van der Waals surface area contributed by atoms with Gasteiger partial charge in [-0.1, -0.05) is 0 Å². The lowest BCUT2D eigenvalue weighted by atomic mass is 10.1. The lowest BCUT2D eigenvalue weighted by Gasteiger charge is -2.15. The summed E-state index contributed by atoms with van der Waals surface area (Å²) in [6.07, 6.45) is 2.08. The molecule has 2 rings (SSSR count). The van der Waals surface area contributed by atoms with E-state index in [0.717, 1.165) is 17.9 Å². The first kappa shape index (κ1) is 14.5. The van der Waals surface area contributed by atoms with Gasteiger partial charge in [0, 0.05) is 30.6 Å². The van der Waals surface area contributed by atoms with Crippen molar-refractivity contribution in [2.45, 2.75) is 19.9 Å². The fourth-order valence-electron chi connectivity index (χ4n) is 2.02. The topological polar surface area (TPSA) is 33.5 Å². The molecule has 0 aliphatic carbocycles. The van der Waals surface area contributed by atoms with Crippen LogP contribution in [0.15, 0.2) is 41.0 Å². The molecule has 0 N–H and O–H groups in total. The number of hydrogen-bond donors (Lipinski definition) is 0. The van der Waals surface area contributed by atoms with E-state index in [0.29, 0.717) is 18.5 Å². The molecule has 1 aromatic heterocycles. The summed E-state index contributed by atoms with van der Waals surface area (Å²) in [5, 5.41) is 0. The number of furan rings is 1. The van der Waals surface area contributed by atoms with Crippen LogP contribution in [0, 0.1) is 12.7 Å². The van der Waals surface area contributed by atoms with E-state index in [9.17, 15) is 9.18 Å². The van der Waals surface area contributed by atoms with Crippen molar-refractivity contribution in [1.29, 1.82) is 0 Å². The van der Waals surface area contributed by atoms with Crippen LogP contribution in [0.3, 0.4) is 0 Å². The first-order valence-corrected chi connectivity index (χ1v) is 6.56. The van der Waals surface area contributed by atoms with Crippen molar-refractivity contribution in [3.8, 4) is 0 Å². The van der Waals surface area contributed by atoms with Crippen LogP contribution in [0.4, 0.5) is 4.39 Å². The van der Waals surface area contributed by atoms with Gasteiger partial charge in [-0.2, -0.15) is 0 Å². The Bertz CT molecular complexity index is 574. The molecule has 0 aliphatic heterocycles. The van der Waals surface area contributed by atoms with Crippen molar-refractivity contribution in [3.63, 3.8) is 0 Å². The molecule has 0 saturated heterocycles. The monoisotopic (exact) mass is 275 g/mol. The van der Waals surface area contributed by atoms with E-state index in [4.69, 9.17) is 4.42 Å². The van der Waals surface area contributed by atoms with E-state index >= 15 is 0 Å². The number of hydrogen-bond acceptors (Lipinski definition) is 3. The van der Waals surface area contributed by atoms with E-state index in [-0.39, 0.29) is 11.6 Å². The zero-order valence-electron chi connectivity index (χ0n) is 11.7. The second-order valence-corrected chi connectivity index (χ2v) is 4.92. The fraction of sp³-hybridized carbons (Fsp3) is 0.312. The highest BCUT2D eigenvalue weighted by molar-refractivity contribution is 5.96. The number of carbonyl (C=O) groups is 1. The van der Waals surface area contributed by atoms with Gasteiger partial charge in [0.25, 0.3) is 0 Å². The zero-order valence-corrected chi connectivity index (χ0v) is 11.7. The van der Waals surface area contributed by atoms with Crippen LogP contribution < -0.4 is 0 Å². The summed E-state index contributed by atoms with van der Waals surface area (Å²) in [4.78, 5) is 14.0. The van der Waals surface area contributed by atoms with Crippen molar-refractivity contribution < 1.29 is 13.6 Å². The zero-order chi connectivity index (χ0) is 14.5. The SMILES string of the molecule is Cc1occc1CN(C)CCC(=O)c1ccc(F)cc1. The molecule has 0 spiro atoms. The van der Waals surface area contributed by atoms with Crippen LogP contribution in [0.25, 0.3) is 0 Å². The molecule has 1 aromatic carbocycles. The molecule has 2 aromatic rings. The lowest BCUT2D eigenvalue weighted by molar-refractivity contribution is 0.0968. The van der Waals surface area contributed by atoms with Gasteiger partial charge in [-0.15, -0.1) is 0 Å². The summed E-state index contributed by atoms with van der Waals surface area (Å²) >= 11 is 0. The second kappa shape index (κ2) is 6.48. The Kier molecular flexibility index (Phi) is 4.69. The van der Waals surface area contributed by atoms with E-state index in [2.05, 4.69) is 4.90 Å². The number of nitrogens with zero attached hydrogens (tertiary/aromatic N) is 1.